The first-order valence-electron chi connectivity index (χ1n) is 8.53. The van der Waals surface area contributed by atoms with E-state index in [0.29, 0.717) is 32.4 Å². The number of benzene rings is 2. The largest absolute Gasteiger partial charge is 0.325 e. The highest BCUT2D eigenvalue weighted by atomic mass is 35.5. The van der Waals surface area contributed by atoms with Gasteiger partial charge in [0.15, 0.2) is 5.16 Å². The topological polar surface area (TPSA) is 88.9 Å². The van der Waals surface area contributed by atoms with Crippen molar-refractivity contribution in [2.75, 3.05) is 16.4 Å². The normalized spacial score (nSPS) is 10.6. The molecule has 0 bridgehead atoms. The van der Waals surface area contributed by atoms with Crippen LogP contribution in [-0.4, -0.2) is 32.3 Å². The second-order valence-electron chi connectivity index (χ2n) is 6.01. The summed E-state index contributed by atoms with van der Waals surface area (Å²) in [6.07, 6.45) is 0.0317. The number of rotatable bonds is 7. The maximum atomic E-state index is 12.3. The molecule has 2 aromatic carbocycles. The number of thioether (sulfide) groups is 1. The van der Waals surface area contributed by atoms with Gasteiger partial charge in [-0.15, -0.1) is 10.2 Å². The molecule has 0 radical (unpaired) electrons. The highest BCUT2D eigenvalue weighted by Crippen LogP contribution is 2.21. The molecule has 0 aliphatic heterocycles. The number of anilines is 2. The zero-order valence-corrected chi connectivity index (χ0v) is 17.7. The summed E-state index contributed by atoms with van der Waals surface area (Å²) < 4.78 is 1.68. The van der Waals surface area contributed by atoms with Crippen LogP contribution in [0.15, 0.2) is 53.7 Å². The van der Waals surface area contributed by atoms with Crippen LogP contribution in [0.25, 0.3) is 0 Å². The number of carbonyl (C=O) groups excluding carboxylic acids is 2. The SMILES string of the molecule is Cn1c(CC(=O)Nc2ccccc2Cl)nnc1SCC(=O)Nc1cccc(Cl)c1. The summed E-state index contributed by atoms with van der Waals surface area (Å²) in [6, 6.07) is 13.9. The molecule has 7 nitrogen and oxygen atoms in total. The third-order valence-electron chi connectivity index (χ3n) is 3.83. The number of para-hydroxylation sites is 1. The van der Waals surface area contributed by atoms with Crippen molar-refractivity contribution < 1.29 is 9.59 Å². The highest BCUT2D eigenvalue weighted by Gasteiger charge is 2.15. The van der Waals surface area contributed by atoms with Gasteiger partial charge in [-0.1, -0.05) is 53.2 Å². The molecule has 29 heavy (non-hydrogen) atoms. The van der Waals surface area contributed by atoms with Crippen molar-refractivity contribution in [1.29, 1.82) is 0 Å². The van der Waals surface area contributed by atoms with Gasteiger partial charge in [0.2, 0.25) is 11.8 Å². The van der Waals surface area contributed by atoms with Gasteiger partial charge in [-0.2, -0.15) is 0 Å². The summed E-state index contributed by atoms with van der Waals surface area (Å²) >= 11 is 13.2. The average molecular weight is 450 g/mol. The third kappa shape index (κ3) is 5.96. The first kappa shape index (κ1) is 21.2. The lowest BCUT2D eigenvalue weighted by molar-refractivity contribution is -0.116. The van der Waals surface area contributed by atoms with Gasteiger partial charge in [0.05, 0.1) is 22.9 Å². The molecule has 10 heteroatoms. The van der Waals surface area contributed by atoms with Crippen LogP contribution >= 0.6 is 35.0 Å². The fraction of sp³-hybridized carbons (Fsp3) is 0.158. The quantitative estimate of drug-likeness (QED) is 0.531. The van der Waals surface area contributed by atoms with Gasteiger partial charge in [-0.3, -0.25) is 9.59 Å². The van der Waals surface area contributed by atoms with Crippen LogP contribution in [0.1, 0.15) is 5.82 Å². The van der Waals surface area contributed by atoms with Crippen LogP contribution < -0.4 is 10.6 Å². The molecule has 0 saturated heterocycles. The van der Waals surface area contributed by atoms with E-state index < -0.39 is 0 Å². The minimum atomic E-state index is -0.260. The Hall–Kier alpha value is -2.55. The number of hydrogen-bond acceptors (Lipinski definition) is 5. The van der Waals surface area contributed by atoms with Crippen molar-refractivity contribution in [3.8, 4) is 0 Å². The number of halogens is 2. The monoisotopic (exact) mass is 449 g/mol. The molecule has 2 amide bonds. The second kappa shape index (κ2) is 9.78. The standard InChI is InChI=1S/C19H17Cl2N5O2S/c1-26-16(10-17(27)23-15-8-3-2-7-14(15)21)24-25-19(26)29-11-18(28)22-13-6-4-5-12(20)9-13/h2-9H,10-11H2,1H3,(H,22,28)(H,23,27). The van der Waals surface area contributed by atoms with Gasteiger partial charge in [0.1, 0.15) is 5.82 Å². The molecule has 150 valence electrons. The second-order valence-corrected chi connectivity index (χ2v) is 7.80. The Morgan fingerprint density at radius 2 is 1.83 bits per heavy atom. The molecular weight excluding hydrogens is 433 g/mol. The van der Waals surface area contributed by atoms with Crippen LogP contribution in [0.4, 0.5) is 11.4 Å². The molecule has 0 unspecified atom stereocenters. The lowest BCUT2D eigenvalue weighted by Gasteiger charge is -2.07. The molecule has 3 aromatic rings. The Morgan fingerprint density at radius 3 is 2.59 bits per heavy atom. The van der Waals surface area contributed by atoms with Crippen molar-refractivity contribution in [2.24, 2.45) is 7.05 Å². The Morgan fingerprint density at radius 1 is 1.03 bits per heavy atom. The molecule has 0 aliphatic carbocycles. The fourth-order valence-electron chi connectivity index (χ4n) is 2.42. The van der Waals surface area contributed by atoms with Gasteiger partial charge in [0, 0.05) is 17.8 Å². The number of amides is 2. The van der Waals surface area contributed by atoms with Gasteiger partial charge >= 0.3 is 0 Å². The van der Waals surface area contributed by atoms with Crippen LogP contribution in [0, 0.1) is 0 Å². The zero-order chi connectivity index (χ0) is 20.8. The van der Waals surface area contributed by atoms with E-state index in [2.05, 4.69) is 20.8 Å². The molecule has 0 atom stereocenters. The first-order valence-corrected chi connectivity index (χ1v) is 10.3. The smallest absolute Gasteiger partial charge is 0.234 e. The predicted octanol–water partition coefficient (Wildman–Crippen LogP) is 4.03. The fourth-order valence-corrected chi connectivity index (χ4v) is 3.52. The lowest BCUT2D eigenvalue weighted by Crippen LogP contribution is -2.17. The molecule has 1 heterocycles. The van der Waals surface area contributed by atoms with E-state index in [9.17, 15) is 9.59 Å². The molecule has 3 rings (SSSR count). The van der Waals surface area contributed by atoms with E-state index in [4.69, 9.17) is 23.2 Å². The number of carbonyl (C=O) groups is 2. The maximum absolute atomic E-state index is 12.3. The van der Waals surface area contributed by atoms with Gasteiger partial charge < -0.3 is 15.2 Å². The lowest BCUT2D eigenvalue weighted by atomic mass is 10.3. The van der Waals surface area contributed by atoms with Crippen molar-refractivity contribution in [2.45, 2.75) is 11.6 Å². The molecule has 0 aliphatic rings. The molecular formula is C19H17Cl2N5O2S. The van der Waals surface area contributed by atoms with Gasteiger partial charge in [-0.05, 0) is 30.3 Å². The predicted molar refractivity (Wildman–Crippen MR) is 116 cm³/mol. The maximum Gasteiger partial charge on any atom is 0.234 e. The Bertz CT molecular complexity index is 1040. The van der Waals surface area contributed by atoms with Gasteiger partial charge in [-0.25, -0.2) is 0 Å². The Balaban J connectivity index is 1.54. The van der Waals surface area contributed by atoms with Crippen molar-refractivity contribution >= 4 is 58.2 Å². The Kier molecular flexibility index (Phi) is 7.13. The molecule has 0 spiro atoms. The van der Waals surface area contributed by atoms with E-state index in [1.165, 1.54) is 11.8 Å². The van der Waals surface area contributed by atoms with Crippen LogP contribution in [0.5, 0.6) is 0 Å². The van der Waals surface area contributed by atoms with E-state index in [-0.39, 0.29) is 24.0 Å². The first-order chi connectivity index (χ1) is 13.9. The summed E-state index contributed by atoms with van der Waals surface area (Å²) in [7, 11) is 1.75. The minimum absolute atomic E-state index is 0.0317. The van der Waals surface area contributed by atoms with Crippen LogP contribution in [-0.2, 0) is 23.1 Å². The van der Waals surface area contributed by atoms with E-state index in [1.807, 2.05) is 0 Å². The van der Waals surface area contributed by atoms with Crippen LogP contribution in [0.3, 0.4) is 0 Å². The number of hydrogen-bond donors (Lipinski definition) is 2. The average Bonchev–Trinajstić information content (AvgIpc) is 3.01. The molecule has 0 saturated carbocycles. The third-order valence-corrected chi connectivity index (χ3v) is 5.42. The molecule has 0 fully saturated rings. The van der Waals surface area contributed by atoms with E-state index in [1.54, 1.807) is 60.1 Å². The van der Waals surface area contributed by atoms with Crippen LogP contribution in [0.2, 0.25) is 10.0 Å². The van der Waals surface area contributed by atoms with Crippen molar-refractivity contribution in [3.05, 3.63) is 64.4 Å². The summed E-state index contributed by atoms with van der Waals surface area (Å²) in [4.78, 5) is 24.4. The number of aromatic nitrogens is 3. The number of nitrogens with zero attached hydrogens (tertiary/aromatic N) is 3. The number of nitrogens with one attached hydrogen (secondary N) is 2. The minimum Gasteiger partial charge on any atom is -0.325 e. The van der Waals surface area contributed by atoms with Crippen molar-refractivity contribution in [1.82, 2.24) is 14.8 Å². The molecule has 1 aromatic heterocycles. The van der Waals surface area contributed by atoms with E-state index in [0.717, 1.165) is 0 Å². The van der Waals surface area contributed by atoms with Crippen molar-refractivity contribution in [3.63, 3.8) is 0 Å². The summed E-state index contributed by atoms with van der Waals surface area (Å²) in [5, 5.41) is 15.1. The summed E-state index contributed by atoms with van der Waals surface area (Å²) in [6.45, 7) is 0. The van der Waals surface area contributed by atoms with E-state index >= 15 is 0 Å². The van der Waals surface area contributed by atoms with Gasteiger partial charge in [0.25, 0.3) is 0 Å². The summed E-state index contributed by atoms with van der Waals surface area (Å²) in [5.74, 6) is 0.166. The Labute approximate surface area is 181 Å². The summed E-state index contributed by atoms with van der Waals surface area (Å²) in [5.41, 5.74) is 1.16. The highest BCUT2D eigenvalue weighted by molar-refractivity contribution is 7.99. The molecule has 2 N–H and O–H groups in total. The zero-order valence-electron chi connectivity index (χ0n) is 15.4.